The largest absolute Gasteiger partial charge is 0.417 e. The highest BCUT2D eigenvalue weighted by Crippen LogP contribution is 2.41. The molecule has 6 heterocycles. The zero-order valence-corrected chi connectivity index (χ0v) is 18.0. The molecule has 4 saturated heterocycles. The summed E-state index contributed by atoms with van der Waals surface area (Å²) in [6.45, 7) is 2.35. The van der Waals surface area contributed by atoms with Crippen LogP contribution in [0.5, 0.6) is 0 Å². The summed E-state index contributed by atoms with van der Waals surface area (Å²) in [6.07, 6.45) is 0.405. The molecule has 0 saturated carbocycles. The van der Waals surface area contributed by atoms with Crippen LogP contribution >= 0.6 is 0 Å². The number of ether oxygens (including phenoxy) is 2. The second-order valence-electron chi connectivity index (χ2n) is 9.22. The lowest BCUT2D eigenvalue weighted by Crippen LogP contribution is -2.48. The van der Waals surface area contributed by atoms with Gasteiger partial charge in [-0.1, -0.05) is 0 Å². The van der Waals surface area contributed by atoms with Crippen molar-refractivity contribution in [2.24, 2.45) is 0 Å². The van der Waals surface area contributed by atoms with Crippen molar-refractivity contribution in [3.63, 3.8) is 0 Å². The number of hydrogen-bond donors (Lipinski definition) is 1. The highest BCUT2D eigenvalue weighted by Gasteiger charge is 2.42. The summed E-state index contributed by atoms with van der Waals surface area (Å²) in [5.41, 5.74) is 4.54. The van der Waals surface area contributed by atoms with Crippen LogP contribution in [0.1, 0.15) is 31.2 Å². The molecule has 0 aromatic carbocycles. The molecule has 2 aromatic heterocycles. The molecule has 11 heteroatoms. The fourth-order valence-electron chi connectivity index (χ4n) is 5.70. The Balaban J connectivity index is 1.51. The summed E-state index contributed by atoms with van der Waals surface area (Å²) in [7, 11) is 0. The average molecular weight is 462 g/mol. The minimum absolute atomic E-state index is 0.0131. The van der Waals surface area contributed by atoms with Crippen molar-refractivity contribution in [3.8, 4) is 11.4 Å². The van der Waals surface area contributed by atoms with Crippen LogP contribution in [0.3, 0.4) is 0 Å². The number of pyridine rings is 1. The lowest BCUT2D eigenvalue weighted by molar-refractivity contribution is -0.137. The molecule has 33 heavy (non-hydrogen) atoms. The van der Waals surface area contributed by atoms with Crippen LogP contribution in [-0.2, 0) is 15.7 Å². The number of rotatable bonds is 3. The van der Waals surface area contributed by atoms with Crippen molar-refractivity contribution < 1.29 is 22.6 Å². The summed E-state index contributed by atoms with van der Waals surface area (Å²) in [5, 5.41) is 0. The molecule has 4 aliphatic heterocycles. The Morgan fingerprint density at radius 2 is 1.30 bits per heavy atom. The van der Waals surface area contributed by atoms with Crippen LogP contribution in [0, 0.1) is 0 Å². The second kappa shape index (κ2) is 7.69. The molecule has 2 N–H and O–H groups in total. The van der Waals surface area contributed by atoms with Gasteiger partial charge in [-0.15, -0.1) is 0 Å². The lowest BCUT2D eigenvalue weighted by Gasteiger charge is -2.38. The van der Waals surface area contributed by atoms with Gasteiger partial charge >= 0.3 is 6.18 Å². The summed E-state index contributed by atoms with van der Waals surface area (Å²) >= 11 is 0. The van der Waals surface area contributed by atoms with Gasteiger partial charge in [0.1, 0.15) is 17.5 Å². The molecule has 4 fully saturated rings. The summed E-state index contributed by atoms with van der Waals surface area (Å²) in [5.74, 6) is 1.10. The second-order valence-corrected chi connectivity index (χ2v) is 9.22. The molecule has 0 spiro atoms. The fraction of sp³-hybridized carbons (Fsp3) is 0.591. The first-order valence-corrected chi connectivity index (χ1v) is 11.3. The number of nitrogens with zero attached hydrogens (tertiary/aromatic N) is 5. The lowest BCUT2D eigenvalue weighted by atomic mass is 10.1. The van der Waals surface area contributed by atoms with Crippen LogP contribution < -0.4 is 15.5 Å². The van der Waals surface area contributed by atoms with Gasteiger partial charge in [0, 0.05) is 12.3 Å². The van der Waals surface area contributed by atoms with E-state index in [1.807, 2.05) is 6.07 Å². The van der Waals surface area contributed by atoms with Crippen molar-refractivity contribution in [1.29, 1.82) is 0 Å². The van der Waals surface area contributed by atoms with E-state index < -0.39 is 11.7 Å². The van der Waals surface area contributed by atoms with Crippen LogP contribution in [0.25, 0.3) is 11.4 Å². The molecule has 176 valence electrons. The Morgan fingerprint density at radius 1 is 0.818 bits per heavy atom. The van der Waals surface area contributed by atoms with E-state index in [9.17, 15) is 13.2 Å². The Kier molecular flexibility index (Phi) is 4.88. The number of nitrogens with two attached hydrogens (primary N) is 1. The van der Waals surface area contributed by atoms with Crippen molar-refractivity contribution in [2.75, 3.05) is 42.0 Å². The van der Waals surface area contributed by atoms with Gasteiger partial charge < -0.3 is 25.0 Å². The standard InChI is InChI=1S/C22H25F3N6O2/c23-22(24,25)17-5-18(26)27-7-16(17)21-28-19(30-12-1-2-13(30)9-32-8-12)6-20(29-21)31-14-3-4-15(31)11-33-10-14/h5-7,12-15H,1-4,8-11H2,(H2,26,27). The zero-order valence-electron chi connectivity index (χ0n) is 18.0. The van der Waals surface area contributed by atoms with Gasteiger partial charge in [0.2, 0.25) is 0 Å². The smallest absolute Gasteiger partial charge is 0.384 e. The Bertz CT molecular complexity index is 987. The summed E-state index contributed by atoms with van der Waals surface area (Å²) < 4.78 is 53.1. The predicted molar refractivity (Wildman–Crippen MR) is 115 cm³/mol. The third kappa shape index (κ3) is 3.57. The van der Waals surface area contributed by atoms with Crippen molar-refractivity contribution in [3.05, 3.63) is 23.9 Å². The van der Waals surface area contributed by atoms with E-state index in [-0.39, 0.29) is 41.4 Å². The summed E-state index contributed by atoms with van der Waals surface area (Å²) in [6, 6.07) is 3.41. The molecule has 0 aliphatic carbocycles. The van der Waals surface area contributed by atoms with Gasteiger partial charge in [-0.3, -0.25) is 0 Å². The van der Waals surface area contributed by atoms with E-state index in [2.05, 4.69) is 24.8 Å². The van der Waals surface area contributed by atoms with Gasteiger partial charge in [0.25, 0.3) is 0 Å². The number of aromatic nitrogens is 3. The average Bonchev–Trinajstić information content (AvgIpc) is 3.19. The monoisotopic (exact) mass is 462 g/mol. The molecule has 4 atom stereocenters. The highest BCUT2D eigenvalue weighted by molar-refractivity contribution is 5.67. The highest BCUT2D eigenvalue weighted by atomic mass is 19.4. The Hall–Kier alpha value is -2.66. The molecular formula is C22H25F3N6O2. The molecule has 0 amide bonds. The van der Waals surface area contributed by atoms with Crippen LogP contribution in [0.15, 0.2) is 18.3 Å². The summed E-state index contributed by atoms with van der Waals surface area (Å²) in [4.78, 5) is 17.7. The molecule has 4 unspecified atom stereocenters. The number of anilines is 3. The molecule has 2 aromatic rings. The molecule has 0 radical (unpaired) electrons. The number of morpholine rings is 2. The van der Waals surface area contributed by atoms with E-state index in [0.29, 0.717) is 38.1 Å². The maximum Gasteiger partial charge on any atom is 0.417 e. The van der Waals surface area contributed by atoms with E-state index in [0.717, 1.165) is 37.9 Å². The first-order chi connectivity index (χ1) is 15.9. The van der Waals surface area contributed by atoms with Crippen LogP contribution in [-0.4, -0.2) is 65.5 Å². The maximum atomic E-state index is 13.9. The first kappa shape index (κ1) is 20.9. The third-order valence-electron chi connectivity index (χ3n) is 7.18. The quantitative estimate of drug-likeness (QED) is 0.745. The van der Waals surface area contributed by atoms with Crippen molar-refractivity contribution in [1.82, 2.24) is 15.0 Å². The minimum Gasteiger partial charge on any atom is -0.384 e. The van der Waals surface area contributed by atoms with Gasteiger partial charge in [-0.25, -0.2) is 15.0 Å². The van der Waals surface area contributed by atoms with Gasteiger partial charge in [-0.2, -0.15) is 13.2 Å². The van der Waals surface area contributed by atoms with E-state index in [1.165, 1.54) is 0 Å². The number of nitrogen functional groups attached to an aromatic ring is 1. The normalized spacial score (nSPS) is 29.1. The van der Waals surface area contributed by atoms with Gasteiger partial charge in [-0.05, 0) is 31.7 Å². The number of hydrogen-bond acceptors (Lipinski definition) is 8. The van der Waals surface area contributed by atoms with E-state index in [4.69, 9.17) is 15.2 Å². The molecule has 4 aliphatic rings. The van der Waals surface area contributed by atoms with Crippen LogP contribution in [0.2, 0.25) is 0 Å². The van der Waals surface area contributed by atoms with Crippen LogP contribution in [0.4, 0.5) is 30.6 Å². The van der Waals surface area contributed by atoms with Crippen molar-refractivity contribution in [2.45, 2.75) is 56.0 Å². The minimum atomic E-state index is -4.61. The van der Waals surface area contributed by atoms with E-state index >= 15 is 0 Å². The number of halogens is 3. The number of alkyl halides is 3. The Labute approximate surface area is 188 Å². The zero-order chi connectivity index (χ0) is 22.7. The van der Waals surface area contributed by atoms with Gasteiger partial charge in [0.15, 0.2) is 5.82 Å². The molecule has 6 rings (SSSR count). The maximum absolute atomic E-state index is 13.9. The molecule has 4 bridgehead atoms. The predicted octanol–water partition coefficient (Wildman–Crippen LogP) is 2.87. The fourth-order valence-corrected chi connectivity index (χ4v) is 5.70. The molecule has 8 nitrogen and oxygen atoms in total. The third-order valence-corrected chi connectivity index (χ3v) is 7.18. The topological polar surface area (TPSA) is 89.6 Å². The Morgan fingerprint density at radius 3 is 1.76 bits per heavy atom. The van der Waals surface area contributed by atoms with Crippen molar-refractivity contribution >= 4 is 17.5 Å². The molecular weight excluding hydrogens is 437 g/mol. The first-order valence-electron chi connectivity index (χ1n) is 11.3. The van der Waals surface area contributed by atoms with E-state index in [1.54, 1.807) is 0 Å². The SMILES string of the molecule is Nc1cc(C(F)(F)F)c(-c2nc(N3C4CCC3COC4)cc(N3C4CCC3COC4)n2)cn1. The van der Waals surface area contributed by atoms with Gasteiger partial charge in [0.05, 0.1) is 61.7 Å². The number of fused-ring (bicyclic) bond motifs is 4.